The summed E-state index contributed by atoms with van der Waals surface area (Å²) in [5, 5.41) is 0. The summed E-state index contributed by atoms with van der Waals surface area (Å²) >= 11 is 0. The number of piperidine rings is 1. The number of hydrogen-bond acceptors (Lipinski definition) is 3. The van der Waals surface area contributed by atoms with Crippen LogP contribution in [-0.4, -0.2) is 38.8 Å². The third-order valence-electron chi connectivity index (χ3n) is 7.64. The molecule has 1 aliphatic heterocycles. The molecule has 2 saturated carbocycles. The van der Waals surface area contributed by atoms with E-state index in [9.17, 15) is 27.0 Å². The van der Waals surface area contributed by atoms with Crippen LogP contribution in [0.4, 0.5) is 17.6 Å². The van der Waals surface area contributed by atoms with Crippen LogP contribution in [0.5, 0.6) is 0 Å². The summed E-state index contributed by atoms with van der Waals surface area (Å²) in [6, 6.07) is 7.94. The highest BCUT2D eigenvalue weighted by Crippen LogP contribution is 2.69. The Bertz CT molecular complexity index is 1250. The molecular weight excluding hydrogens is 484 g/mol. The molecule has 10 heteroatoms. The van der Waals surface area contributed by atoms with Gasteiger partial charge in [0.25, 0.3) is 5.91 Å². The predicted molar refractivity (Wildman–Crippen MR) is 120 cm³/mol. The van der Waals surface area contributed by atoms with Gasteiger partial charge in [0.2, 0.25) is 5.91 Å². The fourth-order valence-electron chi connectivity index (χ4n) is 5.95. The number of benzene rings is 2. The van der Waals surface area contributed by atoms with Gasteiger partial charge >= 0.3 is 6.18 Å². The molecule has 5 rings (SSSR count). The van der Waals surface area contributed by atoms with Gasteiger partial charge in [-0.1, -0.05) is 12.1 Å². The maximum Gasteiger partial charge on any atom is 0.416 e. The molecule has 3 fully saturated rings. The molecule has 186 valence electrons. The van der Waals surface area contributed by atoms with E-state index in [4.69, 9.17) is 5.73 Å². The van der Waals surface area contributed by atoms with Gasteiger partial charge in [-0.05, 0) is 73.4 Å². The van der Waals surface area contributed by atoms with Gasteiger partial charge in [-0.3, -0.25) is 13.8 Å². The molecule has 1 heterocycles. The molecule has 1 saturated heterocycles. The maximum absolute atomic E-state index is 15.2. The fourth-order valence-corrected chi connectivity index (χ4v) is 6.51. The summed E-state index contributed by atoms with van der Waals surface area (Å²) in [6.45, 7) is 0. The number of nitrogens with zero attached hydrogens (tertiary/aromatic N) is 1. The molecule has 5 atom stereocenters. The van der Waals surface area contributed by atoms with Crippen molar-refractivity contribution in [3.63, 3.8) is 0 Å². The number of alkyl halides is 3. The van der Waals surface area contributed by atoms with Crippen LogP contribution in [0.1, 0.15) is 53.1 Å². The van der Waals surface area contributed by atoms with Crippen LogP contribution < -0.4 is 5.73 Å². The number of amides is 2. The monoisotopic (exact) mass is 508 g/mol. The summed E-state index contributed by atoms with van der Waals surface area (Å²) in [6.07, 6.45) is -0.831. The Labute approximate surface area is 202 Å². The van der Waals surface area contributed by atoms with E-state index in [1.165, 1.54) is 23.3 Å². The van der Waals surface area contributed by atoms with Gasteiger partial charge < -0.3 is 10.6 Å². The number of fused-ring (bicyclic) bond motifs is 1. The normalized spacial score (nSPS) is 27.3. The molecule has 2 aliphatic carbocycles. The zero-order chi connectivity index (χ0) is 25.3. The Morgan fingerprint density at radius 1 is 1.17 bits per heavy atom. The summed E-state index contributed by atoms with van der Waals surface area (Å²) in [5.74, 6) is -2.79. The average Bonchev–Trinajstić information content (AvgIpc) is 3.72. The topological polar surface area (TPSA) is 80.5 Å². The second kappa shape index (κ2) is 8.15. The van der Waals surface area contributed by atoms with E-state index in [1.807, 2.05) is 0 Å². The van der Waals surface area contributed by atoms with Crippen molar-refractivity contribution in [1.82, 2.24) is 4.90 Å². The number of halogens is 4. The molecular formula is C25H24F4N2O3S. The molecule has 0 aromatic heterocycles. The van der Waals surface area contributed by atoms with E-state index >= 15 is 4.39 Å². The Balaban J connectivity index is 1.59. The van der Waals surface area contributed by atoms with Crippen LogP contribution in [-0.2, 0) is 21.8 Å². The van der Waals surface area contributed by atoms with Crippen LogP contribution >= 0.6 is 0 Å². The molecule has 4 unspecified atom stereocenters. The van der Waals surface area contributed by atoms with Crippen LogP contribution in [0.3, 0.4) is 0 Å². The Morgan fingerprint density at radius 3 is 2.46 bits per heavy atom. The number of primary amides is 1. The molecule has 0 radical (unpaired) electrons. The van der Waals surface area contributed by atoms with Gasteiger partial charge in [-0.25, -0.2) is 4.39 Å². The summed E-state index contributed by atoms with van der Waals surface area (Å²) in [4.78, 5) is 28.1. The number of carbonyl (C=O) groups is 2. The lowest BCUT2D eigenvalue weighted by Crippen LogP contribution is -2.53. The van der Waals surface area contributed by atoms with Gasteiger partial charge in [0, 0.05) is 33.4 Å². The molecule has 2 aromatic rings. The minimum atomic E-state index is -4.67. The average molecular weight is 509 g/mol. The van der Waals surface area contributed by atoms with Gasteiger partial charge in [0.15, 0.2) is 0 Å². The van der Waals surface area contributed by atoms with Crippen LogP contribution in [0.15, 0.2) is 47.4 Å². The van der Waals surface area contributed by atoms with Crippen molar-refractivity contribution in [2.24, 2.45) is 17.6 Å². The third-order valence-corrected chi connectivity index (χ3v) is 8.56. The highest BCUT2D eigenvalue weighted by molar-refractivity contribution is 7.84. The molecule has 2 amide bonds. The first-order valence-corrected chi connectivity index (χ1v) is 12.9. The Morgan fingerprint density at radius 2 is 1.89 bits per heavy atom. The van der Waals surface area contributed by atoms with E-state index in [2.05, 4.69) is 0 Å². The van der Waals surface area contributed by atoms with Crippen molar-refractivity contribution in [2.75, 3.05) is 6.26 Å². The maximum atomic E-state index is 15.2. The second-order valence-corrected chi connectivity index (χ2v) is 11.1. The number of hydrogen-bond donors (Lipinski definition) is 1. The highest BCUT2D eigenvalue weighted by Gasteiger charge is 2.73. The SMILES string of the molecule is CS(=O)c1cccc(C(=O)N2C(C(N)=O)CC3CC32[C@@H](c2ccc(C(F)(F)F)cc2F)C2CC2)c1. The third kappa shape index (κ3) is 3.95. The van der Waals surface area contributed by atoms with Crippen molar-refractivity contribution in [2.45, 2.75) is 54.3 Å². The van der Waals surface area contributed by atoms with Crippen molar-refractivity contribution < 1.29 is 31.4 Å². The first-order valence-electron chi connectivity index (χ1n) is 11.4. The van der Waals surface area contributed by atoms with Gasteiger partial charge in [-0.15, -0.1) is 0 Å². The minimum Gasteiger partial charge on any atom is -0.368 e. The van der Waals surface area contributed by atoms with Crippen molar-refractivity contribution in [3.05, 3.63) is 65.0 Å². The molecule has 5 nitrogen and oxygen atoms in total. The summed E-state index contributed by atoms with van der Waals surface area (Å²) in [5.41, 5.74) is 4.06. The van der Waals surface area contributed by atoms with E-state index in [-0.39, 0.29) is 23.0 Å². The molecule has 2 N–H and O–H groups in total. The van der Waals surface area contributed by atoms with Crippen LogP contribution in [0.25, 0.3) is 0 Å². The van der Waals surface area contributed by atoms with E-state index in [1.54, 1.807) is 18.2 Å². The van der Waals surface area contributed by atoms with Crippen molar-refractivity contribution in [1.29, 1.82) is 0 Å². The zero-order valence-electron chi connectivity index (χ0n) is 18.8. The van der Waals surface area contributed by atoms with Crippen LogP contribution in [0, 0.1) is 17.7 Å². The summed E-state index contributed by atoms with van der Waals surface area (Å²) in [7, 11) is -1.34. The number of likely N-dealkylation sites (tertiary alicyclic amines) is 1. The van der Waals surface area contributed by atoms with Gasteiger partial charge in [0.1, 0.15) is 11.9 Å². The largest absolute Gasteiger partial charge is 0.416 e. The lowest BCUT2D eigenvalue weighted by Gasteiger charge is -2.39. The molecule has 2 aromatic carbocycles. The number of rotatable bonds is 6. The lowest BCUT2D eigenvalue weighted by atomic mass is 9.82. The number of carbonyl (C=O) groups excluding carboxylic acids is 2. The Kier molecular flexibility index (Phi) is 5.58. The second-order valence-electron chi connectivity index (χ2n) is 9.75. The zero-order valence-corrected chi connectivity index (χ0v) is 19.7. The fraction of sp³-hybridized carbons (Fsp3) is 0.440. The molecule has 35 heavy (non-hydrogen) atoms. The van der Waals surface area contributed by atoms with E-state index in [0.29, 0.717) is 23.8 Å². The number of nitrogens with two attached hydrogens (primary N) is 1. The molecule has 0 bridgehead atoms. The highest BCUT2D eigenvalue weighted by atomic mass is 32.2. The van der Waals surface area contributed by atoms with E-state index < -0.39 is 57.7 Å². The van der Waals surface area contributed by atoms with Gasteiger partial charge in [-0.2, -0.15) is 13.2 Å². The predicted octanol–water partition coefficient (Wildman–Crippen LogP) is 4.23. The van der Waals surface area contributed by atoms with Crippen molar-refractivity contribution in [3.8, 4) is 0 Å². The van der Waals surface area contributed by atoms with Gasteiger partial charge in [0.05, 0.1) is 11.1 Å². The standard InChI is InChI=1S/C25H24F4N2O3S/c1-35(34)17-4-2-3-14(9-17)23(33)31-20(22(30)32)11-16-12-24(16,31)21(13-5-6-13)18-8-7-15(10-19(18)26)25(27,28)29/h2-4,7-10,13,16,20-21H,5-6,11-12H2,1H3,(H2,30,32)/t16?,20?,21-,24?,35?/m1/s1. The Hall–Kier alpha value is -2.75. The van der Waals surface area contributed by atoms with Crippen molar-refractivity contribution >= 4 is 22.6 Å². The molecule has 3 aliphatic rings. The summed E-state index contributed by atoms with van der Waals surface area (Å²) < 4.78 is 66.6. The lowest BCUT2D eigenvalue weighted by molar-refractivity contribution is -0.137. The first kappa shape index (κ1) is 24.0. The van der Waals surface area contributed by atoms with Crippen LogP contribution in [0.2, 0.25) is 0 Å². The van der Waals surface area contributed by atoms with E-state index in [0.717, 1.165) is 18.9 Å². The quantitative estimate of drug-likeness (QED) is 0.593. The first-order chi connectivity index (χ1) is 16.4. The minimum absolute atomic E-state index is 0.0114. The molecule has 0 spiro atoms. The smallest absolute Gasteiger partial charge is 0.368 e.